The van der Waals surface area contributed by atoms with E-state index in [1.54, 1.807) is 0 Å². The van der Waals surface area contributed by atoms with Gasteiger partial charge in [-0.2, -0.15) is 0 Å². The zero-order valence-corrected chi connectivity index (χ0v) is 9.48. The predicted molar refractivity (Wildman–Crippen MR) is 59.7 cm³/mol. The molecule has 2 N–H and O–H groups in total. The lowest BCUT2D eigenvalue weighted by Crippen LogP contribution is -2.60. The zero-order chi connectivity index (χ0) is 10.2. The summed E-state index contributed by atoms with van der Waals surface area (Å²) in [6, 6.07) is 0. The van der Waals surface area contributed by atoms with Crippen molar-refractivity contribution < 1.29 is 4.74 Å². The minimum absolute atomic E-state index is 0.0112. The van der Waals surface area contributed by atoms with Gasteiger partial charge in [-0.1, -0.05) is 19.3 Å². The Hall–Kier alpha value is -0.120. The van der Waals surface area contributed by atoms with Gasteiger partial charge >= 0.3 is 0 Å². The molecule has 0 amide bonds. The van der Waals surface area contributed by atoms with Gasteiger partial charge in [-0.25, -0.2) is 0 Å². The maximum Gasteiger partial charge on any atom is 0.133 e. The normalized spacial score (nSPS) is 40.0. The molecule has 0 radical (unpaired) electrons. The summed E-state index contributed by atoms with van der Waals surface area (Å²) in [6.07, 6.45) is 8.08. The summed E-state index contributed by atoms with van der Waals surface area (Å²) < 4.78 is 6.15. The molecule has 86 valence electrons. The highest BCUT2D eigenvalue weighted by Crippen LogP contribution is 2.40. The second-order valence-electron chi connectivity index (χ2n) is 5.62. The van der Waals surface area contributed by atoms with Crippen LogP contribution >= 0.6 is 0 Å². The molecular weight excluding hydrogens is 188 g/mol. The van der Waals surface area contributed by atoms with Gasteiger partial charge in [0.2, 0.25) is 0 Å². The zero-order valence-electron chi connectivity index (χ0n) is 9.48. The van der Waals surface area contributed by atoms with E-state index >= 15 is 0 Å². The molecule has 0 aromatic heterocycles. The summed E-state index contributed by atoms with van der Waals surface area (Å²) in [6.45, 7) is 4.25. The minimum atomic E-state index is -0.0112. The lowest BCUT2D eigenvalue weighted by Gasteiger charge is -2.47. The molecular formula is C12H22N2O. The summed E-state index contributed by atoms with van der Waals surface area (Å²) in [7, 11) is 0. The number of ether oxygens (including phenoxy) is 1. The molecule has 2 aliphatic heterocycles. The topological polar surface area (TPSA) is 33.3 Å². The van der Waals surface area contributed by atoms with E-state index in [9.17, 15) is 0 Å². The fourth-order valence-electron chi connectivity index (χ4n) is 3.31. The van der Waals surface area contributed by atoms with E-state index in [1.807, 2.05) is 0 Å². The molecule has 1 saturated carbocycles. The van der Waals surface area contributed by atoms with E-state index < -0.39 is 0 Å². The summed E-state index contributed by atoms with van der Waals surface area (Å²) in [5.74, 6) is 0. The van der Waals surface area contributed by atoms with Crippen molar-refractivity contribution in [2.45, 2.75) is 44.2 Å². The van der Waals surface area contributed by atoms with Crippen molar-refractivity contribution in [3.05, 3.63) is 0 Å². The van der Waals surface area contributed by atoms with Crippen molar-refractivity contribution in [2.24, 2.45) is 5.41 Å². The molecule has 1 aliphatic carbocycles. The molecule has 3 aliphatic rings. The monoisotopic (exact) mass is 210 g/mol. The van der Waals surface area contributed by atoms with Crippen LogP contribution in [-0.2, 0) is 4.74 Å². The highest BCUT2D eigenvalue weighted by Gasteiger charge is 2.44. The molecule has 2 heterocycles. The largest absolute Gasteiger partial charge is 0.359 e. The van der Waals surface area contributed by atoms with E-state index in [0.29, 0.717) is 5.41 Å². The fraction of sp³-hybridized carbons (Fsp3) is 1.00. The summed E-state index contributed by atoms with van der Waals surface area (Å²) in [5.41, 5.74) is 0.467. The maximum absolute atomic E-state index is 6.15. The second-order valence-corrected chi connectivity index (χ2v) is 5.62. The van der Waals surface area contributed by atoms with Crippen LogP contribution in [0.3, 0.4) is 0 Å². The molecule has 3 heteroatoms. The Bertz CT molecular complexity index is 218. The first kappa shape index (κ1) is 10.1. The Morgan fingerprint density at radius 1 is 0.933 bits per heavy atom. The SMILES string of the molecule is C1CCC2(CC1)CNC1(CCNC1)OC2. The third-order valence-electron chi connectivity index (χ3n) is 4.47. The minimum Gasteiger partial charge on any atom is -0.359 e. The molecule has 3 rings (SSSR count). The molecule has 2 saturated heterocycles. The van der Waals surface area contributed by atoms with Gasteiger partial charge in [0.15, 0.2) is 0 Å². The highest BCUT2D eigenvalue weighted by atomic mass is 16.5. The van der Waals surface area contributed by atoms with Gasteiger partial charge in [0.1, 0.15) is 5.72 Å². The molecule has 1 unspecified atom stereocenters. The van der Waals surface area contributed by atoms with Crippen molar-refractivity contribution in [1.29, 1.82) is 0 Å². The Labute approximate surface area is 91.9 Å². The van der Waals surface area contributed by atoms with Crippen LogP contribution in [0.4, 0.5) is 0 Å². The van der Waals surface area contributed by atoms with E-state index in [4.69, 9.17) is 4.74 Å². The molecule has 3 fully saturated rings. The van der Waals surface area contributed by atoms with Crippen LogP contribution in [0, 0.1) is 5.41 Å². The Morgan fingerprint density at radius 3 is 2.40 bits per heavy atom. The first-order chi connectivity index (χ1) is 7.33. The van der Waals surface area contributed by atoms with Crippen molar-refractivity contribution in [3.8, 4) is 0 Å². The number of hydrogen-bond donors (Lipinski definition) is 2. The van der Waals surface area contributed by atoms with Gasteiger partial charge in [0.25, 0.3) is 0 Å². The maximum atomic E-state index is 6.15. The fourth-order valence-corrected chi connectivity index (χ4v) is 3.31. The van der Waals surface area contributed by atoms with Gasteiger partial charge < -0.3 is 10.1 Å². The van der Waals surface area contributed by atoms with Gasteiger partial charge in [0.05, 0.1) is 6.61 Å². The van der Waals surface area contributed by atoms with Crippen LogP contribution in [0.1, 0.15) is 38.5 Å². The first-order valence-electron chi connectivity index (χ1n) is 6.42. The van der Waals surface area contributed by atoms with Gasteiger partial charge in [-0.3, -0.25) is 5.32 Å². The molecule has 3 nitrogen and oxygen atoms in total. The van der Waals surface area contributed by atoms with Crippen LogP contribution in [0.5, 0.6) is 0 Å². The van der Waals surface area contributed by atoms with E-state index in [0.717, 1.165) is 26.1 Å². The van der Waals surface area contributed by atoms with Crippen molar-refractivity contribution in [1.82, 2.24) is 10.6 Å². The van der Waals surface area contributed by atoms with Crippen molar-refractivity contribution in [2.75, 3.05) is 26.2 Å². The second kappa shape index (κ2) is 3.72. The van der Waals surface area contributed by atoms with E-state index in [-0.39, 0.29) is 5.72 Å². The third-order valence-corrected chi connectivity index (χ3v) is 4.47. The number of hydrogen-bond acceptors (Lipinski definition) is 3. The molecule has 0 bridgehead atoms. The van der Waals surface area contributed by atoms with Crippen LogP contribution in [-0.4, -0.2) is 32.0 Å². The standard InChI is InChI=1S/C12H22N2O/c1-2-4-11(5-3-1)8-14-12(15-10-11)6-7-13-9-12/h13-14H,1-10H2. The van der Waals surface area contributed by atoms with Crippen LogP contribution in [0.25, 0.3) is 0 Å². The van der Waals surface area contributed by atoms with E-state index in [2.05, 4.69) is 10.6 Å². The third kappa shape index (κ3) is 1.81. The van der Waals surface area contributed by atoms with Gasteiger partial charge in [-0.05, 0) is 19.4 Å². The number of rotatable bonds is 0. The molecule has 0 aromatic carbocycles. The average molecular weight is 210 g/mol. The van der Waals surface area contributed by atoms with Crippen molar-refractivity contribution in [3.63, 3.8) is 0 Å². The Kier molecular flexibility index (Phi) is 2.49. The predicted octanol–water partition coefficient (Wildman–Crippen LogP) is 1.25. The Morgan fingerprint density at radius 2 is 1.80 bits per heavy atom. The quantitative estimate of drug-likeness (QED) is 0.631. The van der Waals surface area contributed by atoms with Crippen molar-refractivity contribution >= 4 is 0 Å². The lowest BCUT2D eigenvalue weighted by atomic mass is 9.73. The highest BCUT2D eigenvalue weighted by molar-refractivity contribution is 4.96. The molecule has 0 aromatic rings. The number of nitrogens with one attached hydrogen (secondary N) is 2. The summed E-state index contributed by atoms with van der Waals surface area (Å²) >= 11 is 0. The summed E-state index contributed by atoms with van der Waals surface area (Å²) in [4.78, 5) is 0. The molecule has 2 spiro atoms. The van der Waals surface area contributed by atoms with Gasteiger partial charge in [-0.15, -0.1) is 0 Å². The van der Waals surface area contributed by atoms with E-state index in [1.165, 1.54) is 38.6 Å². The van der Waals surface area contributed by atoms with Gasteiger partial charge in [0, 0.05) is 24.9 Å². The first-order valence-corrected chi connectivity index (χ1v) is 6.42. The molecule has 1 atom stereocenters. The molecule has 15 heavy (non-hydrogen) atoms. The summed E-state index contributed by atoms with van der Waals surface area (Å²) in [5, 5.41) is 7.06. The smallest absolute Gasteiger partial charge is 0.133 e. The van der Waals surface area contributed by atoms with Crippen LogP contribution in [0.2, 0.25) is 0 Å². The lowest BCUT2D eigenvalue weighted by molar-refractivity contribution is -0.142. The average Bonchev–Trinajstić information content (AvgIpc) is 2.74. The van der Waals surface area contributed by atoms with Crippen LogP contribution < -0.4 is 10.6 Å². The Balaban J connectivity index is 1.63. The van der Waals surface area contributed by atoms with Crippen LogP contribution in [0.15, 0.2) is 0 Å².